The first-order valence-electron chi connectivity index (χ1n) is 7.59. The molecule has 0 aliphatic carbocycles. The van der Waals surface area contributed by atoms with Crippen LogP contribution < -0.4 is 10.1 Å². The molecule has 0 aliphatic rings. The highest BCUT2D eigenvalue weighted by Crippen LogP contribution is 2.26. The molecule has 0 radical (unpaired) electrons. The SMILES string of the molecule is CCOCc1ccccc1NC(=O)C(C)Oc1ccc(F)cc1Br. The van der Waals surface area contributed by atoms with Gasteiger partial charge in [0.25, 0.3) is 5.91 Å². The Kier molecular flexibility index (Phi) is 6.75. The molecule has 0 saturated heterocycles. The Morgan fingerprint density at radius 2 is 2.04 bits per heavy atom. The van der Waals surface area contributed by atoms with E-state index in [4.69, 9.17) is 9.47 Å². The van der Waals surface area contributed by atoms with Crippen molar-refractivity contribution in [1.29, 1.82) is 0 Å². The number of para-hydroxylation sites is 1. The molecular formula is C18H19BrFNO3. The second-order valence-corrected chi connectivity index (χ2v) is 5.97. The van der Waals surface area contributed by atoms with Crippen LogP contribution in [0.25, 0.3) is 0 Å². The Morgan fingerprint density at radius 1 is 1.29 bits per heavy atom. The lowest BCUT2D eigenvalue weighted by atomic mass is 10.2. The second kappa shape index (κ2) is 8.80. The van der Waals surface area contributed by atoms with E-state index in [1.807, 2.05) is 31.2 Å². The lowest BCUT2D eigenvalue weighted by Gasteiger charge is -2.17. The fourth-order valence-corrected chi connectivity index (χ4v) is 2.47. The molecule has 0 saturated carbocycles. The van der Waals surface area contributed by atoms with Gasteiger partial charge < -0.3 is 14.8 Å². The summed E-state index contributed by atoms with van der Waals surface area (Å²) in [6.45, 7) is 4.57. The predicted molar refractivity (Wildman–Crippen MR) is 94.6 cm³/mol. The second-order valence-electron chi connectivity index (χ2n) is 5.12. The summed E-state index contributed by atoms with van der Waals surface area (Å²) in [5, 5.41) is 2.84. The summed E-state index contributed by atoms with van der Waals surface area (Å²) < 4.78 is 24.6. The van der Waals surface area contributed by atoms with Gasteiger partial charge in [-0.3, -0.25) is 4.79 Å². The van der Waals surface area contributed by atoms with Crippen LogP contribution in [-0.2, 0) is 16.1 Å². The number of rotatable bonds is 7. The number of ether oxygens (including phenoxy) is 2. The Bertz CT molecular complexity index is 708. The van der Waals surface area contributed by atoms with Gasteiger partial charge in [0, 0.05) is 17.9 Å². The quantitative estimate of drug-likeness (QED) is 0.748. The van der Waals surface area contributed by atoms with E-state index in [0.29, 0.717) is 29.1 Å². The highest BCUT2D eigenvalue weighted by molar-refractivity contribution is 9.10. The van der Waals surface area contributed by atoms with E-state index in [-0.39, 0.29) is 11.7 Å². The molecule has 0 aromatic heterocycles. The third-order valence-corrected chi connectivity index (χ3v) is 3.92. The largest absolute Gasteiger partial charge is 0.480 e. The molecule has 6 heteroatoms. The number of amides is 1. The summed E-state index contributed by atoms with van der Waals surface area (Å²) in [5.74, 6) is -0.270. The van der Waals surface area contributed by atoms with E-state index >= 15 is 0 Å². The average Bonchev–Trinajstić information content (AvgIpc) is 2.56. The number of carbonyl (C=O) groups excluding carboxylic acids is 1. The summed E-state index contributed by atoms with van der Waals surface area (Å²) in [4.78, 5) is 12.4. The molecule has 2 rings (SSSR count). The van der Waals surface area contributed by atoms with Crippen molar-refractivity contribution in [2.75, 3.05) is 11.9 Å². The number of nitrogens with one attached hydrogen (secondary N) is 1. The number of carbonyl (C=O) groups is 1. The van der Waals surface area contributed by atoms with Crippen molar-refractivity contribution < 1.29 is 18.7 Å². The van der Waals surface area contributed by atoms with Crippen LogP contribution in [0, 0.1) is 5.82 Å². The van der Waals surface area contributed by atoms with Gasteiger partial charge in [-0.1, -0.05) is 18.2 Å². The first kappa shape index (κ1) is 18.4. The third kappa shape index (κ3) is 5.04. The summed E-state index contributed by atoms with van der Waals surface area (Å²) in [6, 6.07) is 11.5. The van der Waals surface area contributed by atoms with Crippen LogP contribution in [0.4, 0.5) is 10.1 Å². The third-order valence-electron chi connectivity index (χ3n) is 3.30. The van der Waals surface area contributed by atoms with Crippen LogP contribution in [0.3, 0.4) is 0 Å². The monoisotopic (exact) mass is 395 g/mol. The van der Waals surface area contributed by atoms with Crippen molar-refractivity contribution in [3.8, 4) is 5.75 Å². The number of halogens is 2. The van der Waals surface area contributed by atoms with E-state index in [1.54, 1.807) is 6.92 Å². The summed E-state index contributed by atoms with van der Waals surface area (Å²) >= 11 is 3.22. The smallest absolute Gasteiger partial charge is 0.265 e. The summed E-state index contributed by atoms with van der Waals surface area (Å²) in [6.07, 6.45) is -0.744. The number of hydrogen-bond acceptors (Lipinski definition) is 3. The molecule has 0 bridgehead atoms. The lowest BCUT2D eigenvalue weighted by molar-refractivity contribution is -0.122. The summed E-state index contributed by atoms with van der Waals surface area (Å²) in [5.41, 5.74) is 1.58. The maximum absolute atomic E-state index is 13.1. The van der Waals surface area contributed by atoms with Crippen LogP contribution in [0.5, 0.6) is 5.75 Å². The van der Waals surface area contributed by atoms with Gasteiger partial charge in [0.05, 0.1) is 11.1 Å². The normalized spacial score (nSPS) is 11.8. The molecule has 0 spiro atoms. The van der Waals surface area contributed by atoms with Gasteiger partial charge in [-0.2, -0.15) is 0 Å². The fraction of sp³-hybridized carbons (Fsp3) is 0.278. The van der Waals surface area contributed by atoms with Gasteiger partial charge in [-0.15, -0.1) is 0 Å². The van der Waals surface area contributed by atoms with Crippen LogP contribution in [0.1, 0.15) is 19.4 Å². The molecule has 1 atom stereocenters. The molecule has 0 aliphatic heterocycles. The Hall–Kier alpha value is -1.92. The van der Waals surface area contributed by atoms with Crippen LogP contribution in [0.15, 0.2) is 46.9 Å². The Balaban J connectivity index is 2.04. The minimum atomic E-state index is -0.744. The molecule has 0 heterocycles. The highest BCUT2D eigenvalue weighted by atomic mass is 79.9. The van der Waals surface area contributed by atoms with Gasteiger partial charge in [0.2, 0.25) is 0 Å². The standard InChI is InChI=1S/C18H19BrFNO3/c1-3-23-11-13-6-4-5-7-16(13)21-18(22)12(2)24-17-9-8-14(20)10-15(17)19/h4-10,12H,3,11H2,1-2H3,(H,21,22). The maximum Gasteiger partial charge on any atom is 0.265 e. The molecule has 128 valence electrons. The number of benzene rings is 2. The summed E-state index contributed by atoms with van der Waals surface area (Å²) in [7, 11) is 0. The van der Waals surface area contributed by atoms with Gasteiger partial charge in [0.15, 0.2) is 6.10 Å². The number of hydrogen-bond donors (Lipinski definition) is 1. The molecule has 1 N–H and O–H groups in total. The van der Waals surface area contributed by atoms with Crippen molar-refractivity contribution in [3.05, 3.63) is 58.3 Å². The Morgan fingerprint density at radius 3 is 2.75 bits per heavy atom. The van der Waals surface area contributed by atoms with Crippen LogP contribution in [-0.4, -0.2) is 18.6 Å². The minimum absolute atomic E-state index is 0.296. The Labute approximate surface area is 149 Å². The maximum atomic E-state index is 13.1. The van der Waals surface area contributed by atoms with Crippen molar-refractivity contribution in [2.24, 2.45) is 0 Å². The molecule has 1 amide bonds. The van der Waals surface area contributed by atoms with Crippen LogP contribution >= 0.6 is 15.9 Å². The van der Waals surface area contributed by atoms with Gasteiger partial charge in [-0.25, -0.2) is 4.39 Å². The van der Waals surface area contributed by atoms with E-state index in [9.17, 15) is 9.18 Å². The van der Waals surface area contributed by atoms with E-state index in [1.165, 1.54) is 18.2 Å². The van der Waals surface area contributed by atoms with Crippen molar-refractivity contribution in [1.82, 2.24) is 0 Å². The molecular weight excluding hydrogens is 377 g/mol. The van der Waals surface area contributed by atoms with E-state index in [0.717, 1.165) is 5.56 Å². The first-order chi connectivity index (χ1) is 11.5. The molecule has 4 nitrogen and oxygen atoms in total. The molecule has 1 unspecified atom stereocenters. The predicted octanol–water partition coefficient (Wildman–Crippen LogP) is 4.53. The zero-order valence-electron chi connectivity index (χ0n) is 13.5. The molecule has 24 heavy (non-hydrogen) atoms. The fourth-order valence-electron chi connectivity index (χ4n) is 2.03. The average molecular weight is 396 g/mol. The minimum Gasteiger partial charge on any atom is -0.480 e. The van der Waals surface area contributed by atoms with Crippen molar-refractivity contribution in [2.45, 2.75) is 26.6 Å². The topological polar surface area (TPSA) is 47.6 Å². The molecule has 0 fully saturated rings. The zero-order chi connectivity index (χ0) is 17.5. The zero-order valence-corrected chi connectivity index (χ0v) is 15.1. The van der Waals surface area contributed by atoms with Crippen molar-refractivity contribution in [3.63, 3.8) is 0 Å². The lowest BCUT2D eigenvalue weighted by Crippen LogP contribution is -2.30. The van der Waals surface area contributed by atoms with E-state index in [2.05, 4.69) is 21.2 Å². The highest BCUT2D eigenvalue weighted by Gasteiger charge is 2.17. The molecule has 2 aromatic rings. The number of anilines is 1. The van der Waals surface area contributed by atoms with Gasteiger partial charge in [-0.05, 0) is 54.0 Å². The first-order valence-corrected chi connectivity index (χ1v) is 8.38. The van der Waals surface area contributed by atoms with E-state index < -0.39 is 6.10 Å². The van der Waals surface area contributed by atoms with Gasteiger partial charge >= 0.3 is 0 Å². The van der Waals surface area contributed by atoms with Crippen LogP contribution in [0.2, 0.25) is 0 Å². The molecule has 2 aromatic carbocycles. The van der Waals surface area contributed by atoms with Crippen molar-refractivity contribution >= 4 is 27.5 Å². The van der Waals surface area contributed by atoms with Gasteiger partial charge in [0.1, 0.15) is 11.6 Å².